The fourth-order valence-corrected chi connectivity index (χ4v) is 3.97. The average Bonchev–Trinajstić information content (AvgIpc) is 2.73. The molecule has 30 heavy (non-hydrogen) atoms. The summed E-state index contributed by atoms with van der Waals surface area (Å²) in [6.45, 7) is 1.38. The van der Waals surface area contributed by atoms with Crippen LogP contribution in [0.2, 0.25) is 5.02 Å². The fourth-order valence-electron chi connectivity index (χ4n) is 3.84. The number of aryl methyl sites for hydroxylation is 1. The molecule has 0 radical (unpaired) electrons. The van der Waals surface area contributed by atoms with Gasteiger partial charge in [0, 0.05) is 36.4 Å². The van der Waals surface area contributed by atoms with Crippen LogP contribution in [0.5, 0.6) is 5.75 Å². The van der Waals surface area contributed by atoms with Crippen LogP contribution in [0.15, 0.2) is 48.5 Å². The van der Waals surface area contributed by atoms with Crippen LogP contribution in [0, 0.1) is 11.2 Å². The zero-order chi connectivity index (χ0) is 21.6. The summed E-state index contributed by atoms with van der Waals surface area (Å²) < 4.78 is 19.7. The molecule has 1 aliphatic heterocycles. The maximum atomic E-state index is 13.8. The first kappa shape index (κ1) is 22.1. The molecule has 1 saturated heterocycles. The van der Waals surface area contributed by atoms with Gasteiger partial charge in [0.05, 0.1) is 6.61 Å². The van der Waals surface area contributed by atoms with E-state index < -0.39 is 5.41 Å². The first-order chi connectivity index (χ1) is 14.4. The zero-order valence-corrected chi connectivity index (χ0v) is 17.5. The molecule has 5 nitrogen and oxygen atoms in total. The summed E-state index contributed by atoms with van der Waals surface area (Å²) in [5, 5.41) is 0.622. The van der Waals surface area contributed by atoms with Crippen molar-refractivity contribution in [2.75, 3.05) is 19.7 Å². The third-order valence-corrected chi connectivity index (χ3v) is 5.90. The SMILES string of the molecule is NC(=O)CC1(COc2ccc(Cl)cc2)CCN(C(=O)CCc2ccccc2F)CC1. The van der Waals surface area contributed by atoms with Gasteiger partial charge in [0.2, 0.25) is 11.8 Å². The van der Waals surface area contributed by atoms with Crippen LogP contribution in [0.1, 0.15) is 31.2 Å². The molecule has 2 aromatic rings. The Labute approximate surface area is 181 Å². The van der Waals surface area contributed by atoms with Crippen molar-refractivity contribution in [2.24, 2.45) is 11.1 Å². The Morgan fingerprint density at radius 3 is 2.40 bits per heavy atom. The molecule has 2 amide bonds. The maximum absolute atomic E-state index is 13.8. The molecule has 2 N–H and O–H groups in total. The summed E-state index contributed by atoms with van der Waals surface area (Å²) in [6, 6.07) is 13.6. The quantitative estimate of drug-likeness (QED) is 0.685. The van der Waals surface area contributed by atoms with Gasteiger partial charge in [-0.1, -0.05) is 29.8 Å². The van der Waals surface area contributed by atoms with Crippen molar-refractivity contribution in [2.45, 2.75) is 32.1 Å². The molecule has 1 fully saturated rings. The normalized spacial score (nSPS) is 15.6. The van der Waals surface area contributed by atoms with Crippen LogP contribution in [0.25, 0.3) is 0 Å². The highest BCUT2D eigenvalue weighted by Crippen LogP contribution is 2.36. The van der Waals surface area contributed by atoms with Crippen LogP contribution in [-0.2, 0) is 16.0 Å². The predicted octanol–water partition coefficient (Wildman–Crippen LogP) is 3.97. The average molecular weight is 433 g/mol. The Morgan fingerprint density at radius 2 is 1.77 bits per heavy atom. The van der Waals surface area contributed by atoms with Crippen LogP contribution < -0.4 is 10.5 Å². The maximum Gasteiger partial charge on any atom is 0.222 e. The van der Waals surface area contributed by atoms with E-state index in [-0.39, 0.29) is 30.5 Å². The van der Waals surface area contributed by atoms with Crippen molar-refractivity contribution in [3.05, 3.63) is 64.9 Å². The van der Waals surface area contributed by atoms with E-state index in [1.807, 2.05) is 0 Å². The van der Waals surface area contributed by atoms with Gasteiger partial charge in [0.25, 0.3) is 0 Å². The molecule has 0 bridgehead atoms. The van der Waals surface area contributed by atoms with E-state index in [2.05, 4.69) is 0 Å². The summed E-state index contributed by atoms with van der Waals surface area (Å²) in [5.74, 6) is -0.00557. The standard InChI is InChI=1S/C23H26ClFN2O3/c24-18-6-8-19(9-7-18)30-16-23(15-21(26)28)11-13-27(14-12-23)22(29)10-5-17-3-1-2-4-20(17)25/h1-4,6-9H,5,10-16H2,(H2,26,28). The molecule has 0 saturated carbocycles. The minimum atomic E-state index is -0.409. The molecular weight excluding hydrogens is 407 g/mol. The highest BCUT2D eigenvalue weighted by molar-refractivity contribution is 6.30. The van der Waals surface area contributed by atoms with Gasteiger partial charge in [-0.3, -0.25) is 9.59 Å². The zero-order valence-electron chi connectivity index (χ0n) is 16.8. The Hall–Kier alpha value is -2.60. The number of carbonyl (C=O) groups is 2. The summed E-state index contributed by atoms with van der Waals surface area (Å²) in [5.41, 5.74) is 5.62. The third kappa shape index (κ3) is 5.95. The van der Waals surface area contributed by atoms with Gasteiger partial charge in [-0.05, 0) is 55.2 Å². The largest absolute Gasteiger partial charge is 0.493 e. The minimum absolute atomic E-state index is 0.00968. The van der Waals surface area contributed by atoms with Gasteiger partial charge in [-0.25, -0.2) is 4.39 Å². The Morgan fingerprint density at radius 1 is 1.10 bits per heavy atom. The summed E-state index contributed by atoms with van der Waals surface area (Å²) in [6.07, 6.45) is 2.07. The molecule has 0 atom stereocenters. The van der Waals surface area contributed by atoms with E-state index in [0.717, 1.165) is 0 Å². The van der Waals surface area contributed by atoms with Crippen LogP contribution in [0.3, 0.4) is 0 Å². The molecule has 0 spiro atoms. The molecule has 3 rings (SSSR count). The molecule has 2 aromatic carbocycles. The highest BCUT2D eigenvalue weighted by Gasteiger charge is 2.38. The van der Waals surface area contributed by atoms with Gasteiger partial charge in [-0.2, -0.15) is 0 Å². The van der Waals surface area contributed by atoms with E-state index in [4.69, 9.17) is 22.1 Å². The van der Waals surface area contributed by atoms with Gasteiger partial charge >= 0.3 is 0 Å². The number of likely N-dealkylation sites (tertiary alicyclic amines) is 1. The van der Waals surface area contributed by atoms with Crippen LogP contribution in [-0.4, -0.2) is 36.4 Å². The number of halogens is 2. The van der Waals surface area contributed by atoms with E-state index in [1.165, 1.54) is 6.07 Å². The van der Waals surface area contributed by atoms with Crippen molar-refractivity contribution < 1.29 is 18.7 Å². The van der Waals surface area contributed by atoms with Crippen molar-refractivity contribution in [1.82, 2.24) is 4.90 Å². The number of primary amides is 1. The molecule has 7 heteroatoms. The lowest BCUT2D eigenvalue weighted by molar-refractivity contribution is -0.134. The molecular formula is C23H26ClFN2O3. The number of hydrogen-bond acceptors (Lipinski definition) is 3. The first-order valence-electron chi connectivity index (χ1n) is 10.0. The van der Waals surface area contributed by atoms with Crippen molar-refractivity contribution >= 4 is 23.4 Å². The van der Waals surface area contributed by atoms with E-state index in [9.17, 15) is 14.0 Å². The van der Waals surface area contributed by atoms with E-state index in [1.54, 1.807) is 47.4 Å². The molecule has 0 aliphatic carbocycles. The predicted molar refractivity (Wildman–Crippen MR) is 114 cm³/mol. The smallest absolute Gasteiger partial charge is 0.222 e. The molecule has 160 valence electrons. The van der Waals surface area contributed by atoms with E-state index >= 15 is 0 Å². The second kappa shape index (κ2) is 9.94. The lowest BCUT2D eigenvalue weighted by Gasteiger charge is -2.41. The number of carbonyl (C=O) groups excluding carboxylic acids is 2. The molecule has 1 aliphatic rings. The Balaban J connectivity index is 1.55. The lowest BCUT2D eigenvalue weighted by atomic mass is 9.76. The number of amides is 2. The number of rotatable bonds is 8. The van der Waals surface area contributed by atoms with Gasteiger partial charge in [-0.15, -0.1) is 0 Å². The molecule has 0 unspecified atom stereocenters. The van der Waals surface area contributed by atoms with Crippen molar-refractivity contribution in [3.8, 4) is 5.75 Å². The minimum Gasteiger partial charge on any atom is -0.493 e. The number of ether oxygens (including phenoxy) is 1. The monoisotopic (exact) mass is 432 g/mol. The second-order valence-electron chi connectivity index (χ2n) is 7.86. The van der Waals surface area contributed by atoms with Gasteiger partial charge in [0.15, 0.2) is 0 Å². The lowest BCUT2D eigenvalue weighted by Crippen LogP contribution is -2.47. The number of nitrogens with zero attached hydrogens (tertiary/aromatic N) is 1. The third-order valence-electron chi connectivity index (χ3n) is 5.65. The Bertz CT molecular complexity index is 880. The number of benzene rings is 2. The number of hydrogen-bond donors (Lipinski definition) is 1. The number of nitrogens with two attached hydrogens (primary N) is 1. The fraction of sp³-hybridized carbons (Fsp3) is 0.391. The van der Waals surface area contributed by atoms with Crippen LogP contribution >= 0.6 is 11.6 Å². The summed E-state index contributed by atoms with van der Waals surface area (Å²) in [7, 11) is 0. The number of piperidine rings is 1. The van der Waals surface area contributed by atoms with E-state index in [0.29, 0.717) is 55.3 Å². The van der Waals surface area contributed by atoms with Crippen molar-refractivity contribution in [1.29, 1.82) is 0 Å². The molecule has 0 aromatic heterocycles. The second-order valence-corrected chi connectivity index (χ2v) is 8.29. The summed E-state index contributed by atoms with van der Waals surface area (Å²) >= 11 is 5.90. The molecule has 1 heterocycles. The highest BCUT2D eigenvalue weighted by atomic mass is 35.5. The van der Waals surface area contributed by atoms with Crippen LogP contribution in [0.4, 0.5) is 4.39 Å². The topological polar surface area (TPSA) is 72.6 Å². The Kier molecular flexibility index (Phi) is 7.32. The summed E-state index contributed by atoms with van der Waals surface area (Å²) in [4.78, 5) is 26.0. The first-order valence-corrected chi connectivity index (χ1v) is 10.4. The van der Waals surface area contributed by atoms with Gasteiger partial charge in [0.1, 0.15) is 11.6 Å². The van der Waals surface area contributed by atoms with Crippen molar-refractivity contribution in [3.63, 3.8) is 0 Å². The van der Waals surface area contributed by atoms with Gasteiger partial charge < -0.3 is 15.4 Å².